The molecule has 0 spiro atoms. The lowest BCUT2D eigenvalue weighted by Crippen LogP contribution is -2.32. The van der Waals surface area contributed by atoms with Crippen molar-refractivity contribution in [2.45, 2.75) is 46.1 Å². The first-order valence-electron chi connectivity index (χ1n) is 7.26. The van der Waals surface area contributed by atoms with Crippen LogP contribution in [0.15, 0.2) is 24.3 Å². The lowest BCUT2D eigenvalue weighted by Gasteiger charge is -2.28. The Morgan fingerprint density at radius 1 is 1.30 bits per heavy atom. The largest absolute Gasteiger partial charge is 0.494 e. The lowest BCUT2D eigenvalue weighted by molar-refractivity contribution is -0.136. The standard InChI is InChI=1S/C16H25NO3/c1-4-5-12-20-15-8-6-14(7-9-15)17(13(2)3)11-10-16(18)19/h6-9,13H,4-5,10-12H2,1-3H3,(H,18,19). The van der Waals surface area contributed by atoms with Gasteiger partial charge < -0.3 is 14.7 Å². The van der Waals surface area contributed by atoms with Gasteiger partial charge in [-0.2, -0.15) is 0 Å². The highest BCUT2D eigenvalue weighted by Crippen LogP contribution is 2.21. The number of hydrogen-bond acceptors (Lipinski definition) is 3. The number of hydrogen-bond donors (Lipinski definition) is 1. The Hall–Kier alpha value is -1.71. The van der Waals surface area contributed by atoms with Crippen LogP contribution in [-0.4, -0.2) is 30.3 Å². The van der Waals surface area contributed by atoms with Crippen molar-refractivity contribution in [3.63, 3.8) is 0 Å². The molecule has 0 aliphatic heterocycles. The number of nitrogens with zero attached hydrogens (tertiary/aromatic N) is 1. The van der Waals surface area contributed by atoms with Gasteiger partial charge in [-0.15, -0.1) is 0 Å². The predicted octanol–water partition coefficient (Wildman–Crippen LogP) is 3.56. The minimum absolute atomic E-state index is 0.146. The third-order valence-electron chi connectivity index (χ3n) is 3.12. The summed E-state index contributed by atoms with van der Waals surface area (Å²) in [6, 6.07) is 8.13. The predicted molar refractivity (Wildman–Crippen MR) is 81.6 cm³/mol. The van der Waals surface area contributed by atoms with Gasteiger partial charge in [0, 0.05) is 18.3 Å². The van der Waals surface area contributed by atoms with Crippen LogP contribution >= 0.6 is 0 Å². The van der Waals surface area contributed by atoms with E-state index in [-0.39, 0.29) is 12.5 Å². The van der Waals surface area contributed by atoms with Crippen LogP contribution in [-0.2, 0) is 4.79 Å². The summed E-state index contributed by atoms with van der Waals surface area (Å²) in [5.41, 5.74) is 1.03. The van der Waals surface area contributed by atoms with E-state index in [2.05, 4.69) is 25.7 Å². The van der Waals surface area contributed by atoms with Gasteiger partial charge in [0.15, 0.2) is 0 Å². The highest BCUT2D eigenvalue weighted by Gasteiger charge is 2.12. The molecule has 0 saturated carbocycles. The van der Waals surface area contributed by atoms with Crippen LogP contribution < -0.4 is 9.64 Å². The molecule has 0 aliphatic carbocycles. The van der Waals surface area contributed by atoms with E-state index in [1.807, 2.05) is 24.3 Å². The zero-order valence-corrected chi connectivity index (χ0v) is 12.6. The summed E-state index contributed by atoms with van der Waals surface area (Å²) < 4.78 is 5.63. The topological polar surface area (TPSA) is 49.8 Å². The molecule has 0 saturated heterocycles. The molecule has 0 atom stereocenters. The molecule has 1 N–H and O–H groups in total. The molecule has 20 heavy (non-hydrogen) atoms. The highest BCUT2D eigenvalue weighted by atomic mass is 16.5. The van der Waals surface area contributed by atoms with Crippen molar-refractivity contribution in [2.24, 2.45) is 0 Å². The van der Waals surface area contributed by atoms with Gasteiger partial charge in [-0.3, -0.25) is 4.79 Å². The maximum Gasteiger partial charge on any atom is 0.305 e. The number of anilines is 1. The van der Waals surface area contributed by atoms with Crippen LogP contribution in [0.4, 0.5) is 5.69 Å². The monoisotopic (exact) mass is 279 g/mol. The number of carbonyl (C=O) groups is 1. The van der Waals surface area contributed by atoms with Gasteiger partial charge in [0.1, 0.15) is 5.75 Å². The second-order valence-corrected chi connectivity index (χ2v) is 5.13. The molecule has 0 radical (unpaired) electrons. The molecule has 0 aliphatic rings. The number of aliphatic carboxylic acids is 1. The molecule has 4 heteroatoms. The molecule has 4 nitrogen and oxygen atoms in total. The summed E-state index contributed by atoms with van der Waals surface area (Å²) in [6.07, 6.45) is 2.32. The maximum absolute atomic E-state index is 10.7. The molecule has 1 aromatic carbocycles. The quantitative estimate of drug-likeness (QED) is 0.702. The van der Waals surface area contributed by atoms with Crippen LogP contribution in [0, 0.1) is 0 Å². The number of unbranched alkanes of at least 4 members (excludes halogenated alkanes) is 1. The number of benzene rings is 1. The fraction of sp³-hybridized carbons (Fsp3) is 0.562. The van der Waals surface area contributed by atoms with E-state index in [9.17, 15) is 4.79 Å². The molecule has 0 aromatic heterocycles. The highest BCUT2D eigenvalue weighted by molar-refractivity contribution is 5.67. The Morgan fingerprint density at radius 2 is 1.95 bits per heavy atom. The van der Waals surface area contributed by atoms with Gasteiger partial charge in [0.05, 0.1) is 13.0 Å². The summed E-state index contributed by atoms with van der Waals surface area (Å²) in [4.78, 5) is 12.8. The Labute approximate surface area is 121 Å². The second kappa shape index (κ2) is 8.46. The smallest absolute Gasteiger partial charge is 0.305 e. The van der Waals surface area contributed by atoms with Crippen molar-refractivity contribution in [3.05, 3.63) is 24.3 Å². The molecule has 112 valence electrons. The number of carboxylic acid groups (broad SMARTS) is 1. The molecule has 1 aromatic rings. The van der Waals surface area contributed by atoms with Crippen molar-refractivity contribution in [2.75, 3.05) is 18.1 Å². The Bertz CT molecular complexity index is 401. The first-order valence-corrected chi connectivity index (χ1v) is 7.26. The molecular formula is C16H25NO3. The first kappa shape index (κ1) is 16.3. The average Bonchev–Trinajstić information content (AvgIpc) is 2.40. The first-order chi connectivity index (χ1) is 9.54. The fourth-order valence-corrected chi connectivity index (χ4v) is 1.97. The average molecular weight is 279 g/mol. The van der Waals surface area contributed by atoms with E-state index in [1.54, 1.807) is 0 Å². The van der Waals surface area contributed by atoms with E-state index in [0.29, 0.717) is 6.54 Å². The minimum Gasteiger partial charge on any atom is -0.494 e. The molecule has 0 unspecified atom stereocenters. The summed E-state index contributed by atoms with van der Waals surface area (Å²) in [5.74, 6) is 0.0966. The third-order valence-corrected chi connectivity index (χ3v) is 3.12. The van der Waals surface area contributed by atoms with Crippen molar-refractivity contribution in [1.82, 2.24) is 0 Å². The van der Waals surface area contributed by atoms with E-state index in [4.69, 9.17) is 9.84 Å². The zero-order chi connectivity index (χ0) is 15.0. The molecule has 1 rings (SSSR count). The van der Waals surface area contributed by atoms with E-state index in [1.165, 1.54) is 0 Å². The van der Waals surface area contributed by atoms with Gasteiger partial charge in [0.25, 0.3) is 0 Å². The van der Waals surface area contributed by atoms with Crippen molar-refractivity contribution in [3.8, 4) is 5.75 Å². The molecule has 0 heterocycles. The van der Waals surface area contributed by atoms with Gasteiger partial charge in [-0.05, 0) is 44.5 Å². The van der Waals surface area contributed by atoms with Crippen LogP contribution in [0.25, 0.3) is 0 Å². The number of rotatable bonds is 9. The number of ether oxygens (including phenoxy) is 1. The van der Waals surface area contributed by atoms with E-state index >= 15 is 0 Å². The van der Waals surface area contributed by atoms with Gasteiger partial charge in [-0.1, -0.05) is 13.3 Å². The van der Waals surface area contributed by atoms with E-state index in [0.717, 1.165) is 30.9 Å². The molecular weight excluding hydrogens is 254 g/mol. The fourth-order valence-electron chi connectivity index (χ4n) is 1.97. The normalized spacial score (nSPS) is 10.6. The van der Waals surface area contributed by atoms with Crippen LogP contribution in [0.3, 0.4) is 0 Å². The molecule has 0 amide bonds. The zero-order valence-electron chi connectivity index (χ0n) is 12.6. The summed E-state index contributed by atoms with van der Waals surface area (Å²) >= 11 is 0. The summed E-state index contributed by atoms with van der Waals surface area (Å²) in [5, 5.41) is 8.81. The van der Waals surface area contributed by atoms with Gasteiger partial charge >= 0.3 is 5.97 Å². The van der Waals surface area contributed by atoms with Gasteiger partial charge in [0.2, 0.25) is 0 Å². The summed E-state index contributed by atoms with van der Waals surface area (Å²) in [7, 11) is 0. The van der Waals surface area contributed by atoms with Crippen molar-refractivity contribution in [1.29, 1.82) is 0 Å². The van der Waals surface area contributed by atoms with E-state index < -0.39 is 5.97 Å². The number of carboxylic acids is 1. The SMILES string of the molecule is CCCCOc1ccc(N(CCC(=O)O)C(C)C)cc1. The van der Waals surface area contributed by atoms with Crippen LogP contribution in [0.2, 0.25) is 0 Å². The Kier molecular flexibility index (Phi) is 6.91. The third kappa shape index (κ3) is 5.51. The Morgan fingerprint density at radius 3 is 2.45 bits per heavy atom. The summed E-state index contributed by atoms with van der Waals surface area (Å²) in [6.45, 7) is 7.52. The second-order valence-electron chi connectivity index (χ2n) is 5.13. The molecule has 0 fully saturated rings. The minimum atomic E-state index is -0.768. The van der Waals surface area contributed by atoms with Crippen LogP contribution in [0.5, 0.6) is 5.75 Å². The maximum atomic E-state index is 10.7. The van der Waals surface area contributed by atoms with Crippen molar-refractivity contribution < 1.29 is 14.6 Å². The van der Waals surface area contributed by atoms with Crippen molar-refractivity contribution >= 4 is 11.7 Å². The van der Waals surface area contributed by atoms with Crippen LogP contribution in [0.1, 0.15) is 40.0 Å². The lowest BCUT2D eigenvalue weighted by atomic mass is 10.2. The molecule has 0 bridgehead atoms. The van der Waals surface area contributed by atoms with Gasteiger partial charge in [-0.25, -0.2) is 0 Å². The Balaban J connectivity index is 2.65.